The van der Waals surface area contributed by atoms with Crippen LogP contribution in [-0.2, 0) is 23.9 Å². The standard InChI is InChI=1S/C33H41N5O3S/c1-41-30-19-25(33(39)36-13-4-6-26(34)21-36)17-27-31(30)37(14-10-22-11-15-42(40)16-12-22)32(35-27)29-18-24-5-2-3-7-28(24)38(29)20-23-8-9-23/h2-3,5,7,17-19,22-23,26H,4,6,8-16,20-21,34H2,1H3. The van der Waals surface area contributed by atoms with E-state index in [9.17, 15) is 9.00 Å². The second-order valence-corrected chi connectivity index (χ2v) is 14.2. The molecule has 3 aliphatic rings. The van der Waals surface area contributed by atoms with Crippen molar-refractivity contribution in [2.45, 2.75) is 64.1 Å². The topological polar surface area (TPSA) is 95.4 Å². The molecule has 1 saturated carbocycles. The summed E-state index contributed by atoms with van der Waals surface area (Å²) in [6.45, 7) is 3.07. The highest BCUT2D eigenvalue weighted by Gasteiger charge is 2.29. The van der Waals surface area contributed by atoms with Gasteiger partial charge in [0.2, 0.25) is 0 Å². The average Bonchev–Trinajstić information content (AvgIpc) is 3.65. The quantitative estimate of drug-likeness (QED) is 0.306. The Kier molecular flexibility index (Phi) is 7.56. The molecule has 0 radical (unpaired) electrons. The van der Waals surface area contributed by atoms with Gasteiger partial charge in [0.05, 0.1) is 18.3 Å². The molecule has 42 heavy (non-hydrogen) atoms. The van der Waals surface area contributed by atoms with E-state index in [0.717, 1.165) is 85.8 Å². The molecule has 9 heteroatoms. The van der Waals surface area contributed by atoms with Gasteiger partial charge in [0.25, 0.3) is 5.91 Å². The molecular weight excluding hydrogens is 546 g/mol. The molecule has 7 rings (SSSR count). The Morgan fingerprint density at radius 3 is 2.62 bits per heavy atom. The van der Waals surface area contributed by atoms with Crippen molar-refractivity contribution in [2.75, 3.05) is 31.7 Å². The van der Waals surface area contributed by atoms with Crippen molar-refractivity contribution in [1.29, 1.82) is 0 Å². The van der Waals surface area contributed by atoms with Crippen LogP contribution in [0.5, 0.6) is 5.75 Å². The van der Waals surface area contributed by atoms with Gasteiger partial charge < -0.3 is 24.5 Å². The zero-order valence-corrected chi connectivity index (χ0v) is 25.3. The van der Waals surface area contributed by atoms with Crippen LogP contribution >= 0.6 is 0 Å². The highest BCUT2D eigenvalue weighted by atomic mass is 32.2. The monoisotopic (exact) mass is 587 g/mol. The maximum absolute atomic E-state index is 13.6. The second kappa shape index (κ2) is 11.5. The lowest BCUT2D eigenvalue weighted by Gasteiger charge is -2.30. The summed E-state index contributed by atoms with van der Waals surface area (Å²) in [6.07, 6.45) is 7.41. The number of aryl methyl sites for hydroxylation is 1. The van der Waals surface area contributed by atoms with Crippen LogP contribution in [0, 0.1) is 11.8 Å². The predicted molar refractivity (Wildman–Crippen MR) is 168 cm³/mol. The van der Waals surface area contributed by atoms with E-state index in [1.54, 1.807) is 7.11 Å². The van der Waals surface area contributed by atoms with Gasteiger partial charge in [0.15, 0.2) is 5.82 Å². The minimum absolute atomic E-state index is 0.0143. The molecule has 3 fully saturated rings. The lowest BCUT2D eigenvalue weighted by atomic mass is 9.99. The van der Waals surface area contributed by atoms with Gasteiger partial charge in [-0.25, -0.2) is 4.98 Å². The summed E-state index contributed by atoms with van der Waals surface area (Å²) >= 11 is 0. The average molecular weight is 588 g/mol. The molecule has 1 unspecified atom stereocenters. The van der Waals surface area contributed by atoms with E-state index in [-0.39, 0.29) is 11.9 Å². The molecule has 8 nitrogen and oxygen atoms in total. The van der Waals surface area contributed by atoms with Crippen LogP contribution in [-0.4, -0.2) is 66.9 Å². The Bertz CT molecular complexity index is 1640. The number of methoxy groups -OCH3 is 1. The predicted octanol–water partition coefficient (Wildman–Crippen LogP) is 5.19. The lowest BCUT2D eigenvalue weighted by Crippen LogP contribution is -2.45. The maximum atomic E-state index is 13.6. The number of likely N-dealkylation sites (tertiary alicyclic amines) is 1. The third-order valence-corrected chi connectivity index (χ3v) is 10.8. The first-order valence-corrected chi connectivity index (χ1v) is 17.0. The number of rotatable bonds is 8. The number of amides is 1. The summed E-state index contributed by atoms with van der Waals surface area (Å²) in [5, 5.41) is 1.21. The van der Waals surface area contributed by atoms with Gasteiger partial charge in [-0.3, -0.25) is 9.00 Å². The fourth-order valence-corrected chi connectivity index (χ4v) is 8.29. The Morgan fingerprint density at radius 1 is 1.05 bits per heavy atom. The van der Waals surface area contributed by atoms with Crippen molar-refractivity contribution in [3.8, 4) is 17.3 Å². The molecule has 4 heterocycles. The summed E-state index contributed by atoms with van der Waals surface area (Å²) in [5.41, 5.74) is 10.9. The number of piperidine rings is 1. The van der Waals surface area contributed by atoms with Crippen molar-refractivity contribution < 1.29 is 13.7 Å². The van der Waals surface area contributed by atoms with E-state index in [2.05, 4.69) is 39.5 Å². The van der Waals surface area contributed by atoms with Gasteiger partial charge in [-0.05, 0) is 81.0 Å². The number of nitrogens with two attached hydrogens (primary N) is 1. The lowest BCUT2D eigenvalue weighted by molar-refractivity contribution is 0.0708. The number of carbonyl (C=O) groups is 1. The van der Waals surface area contributed by atoms with Gasteiger partial charge in [-0.2, -0.15) is 0 Å². The molecule has 2 saturated heterocycles. The molecule has 2 N–H and O–H groups in total. The van der Waals surface area contributed by atoms with Crippen molar-refractivity contribution in [3.63, 3.8) is 0 Å². The molecule has 1 atom stereocenters. The molecule has 2 aliphatic heterocycles. The molecule has 222 valence electrons. The normalized spacial score (nSPS) is 23.1. The van der Waals surface area contributed by atoms with E-state index in [1.807, 2.05) is 17.0 Å². The number of imidazole rings is 1. The van der Waals surface area contributed by atoms with Crippen LogP contribution in [0.2, 0.25) is 0 Å². The molecular formula is C33H41N5O3S. The first-order chi connectivity index (χ1) is 20.5. The van der Waals surface area contributed by atoms with E-state index in [1.165, 1.54) is 23.7 Å². The van der Waals surface area contributed by atoms with Crippen molar-refractivity contribution in [2.24, 2.45) is 17.6 Å². The third kappa shape index (κ3) is 5.37. The van der Waals surface area contributed by atoms with Gasteiger partial charge in [-0.1, -0.05) is 18.2 Å². The fraction of sp³-hybridized carbons (Fsp3) is 0.515. The van der Waals surface area contributed by atoms with E-state index < -0.39 is 10.8 Å². The van der Waals surface area contributed by atoms with Gasteiger partial charge in [0, 0.05) is 71.0 Å². The largest absolute Gasteiger partial charge is 0.494 e. The summed E-state index contributed by atoms with van der Waals surface area (Å²) in [5.74, 6) is 4.42. The Morgan fingerprint density at radius 2 is 1.86 bits per heavy atom. The molecule has 4 aromatic rings. The zero-order chi connectivity index (χ0) is 28.8. The highest BCUT2D eigenvalue weighted by Crippen LogP contribution is 2.39. The summed E-state index contributed by atoms with van der Waals surface area (Å²) in [6, 6.07) is 14.7. The van der Waals surface area contributed by atoms with E-state index >= 15 is 0 Å². The molecule has 0 bridgehead atoms. The van der Waals surface area contributed by atoms with Crippen LogP contribution in [0.15, 0.2) is 42.5 Å². The highest BCUT2D eigenvalue weighted by molar-refractivity contribution is 7.85. The molecule has 2 aromatic heterocycles. The first-order valence-electron chi connectivity index (χ1n) is 15.5. The number of fused-ring (bicyclic) bond motifs is 2. The number of benzene rings is 2. The second-order valence-electron chi connectivity index (χ2n) is 12.5. The number of hydrogen-bond acceptors (Lipinski definition) is 5. The van der Waals surface area contributed by atoms with Crippen molar-refractivity contribution >= 4 is 38.6 Å². The minimum atomic E-state index is -0.673. The van der Waals surface area contributed by atoms with Gasteiger partial charge >= 0.3 is 0 Å². The van der Waals surface area contributed by atoms with Crippen LogP contribution in [0.1, 0.15) is 55.3 Å². The number of aromatic nitrogens is 3. The fourth-order valence-electron chi connectivity index (χ4n) is 6.89. The first kappa shape index (κ1) is 27.7. The summed E-state index contributed by atoms with van der Waals surface area (Å²) in [7, 11) is 1.01. The smallest absolute Gasteiger partial charge is 0.254 e. The molecule has 0 spiro atoms. The number of carbonyl (C=O) groups excluding carboxylic acids is 1. The Balaban J connectivity index is 1.34. The summed E-state index contributed by atoms with van der Waals surface area (Å²) < 4.78 is 22.8. The van der Waals surface area contributed by atoms with Gasteiger partial charge in [-0.15, -0.1) is 0 Å². The van der Waals surface area contributed by atoms with E-state index in [4.69, 9.17) is 15.5 Å². The molecule has 2 aromatic carbocycles. The van der Waals surface area contributed by atoms with Crippen LogP contribution in [0.4, 0.5) is 0 Å². The van der Waals surface area contributed by atoms with Crippen molar-refractivity contribution in [1.82, 2.24) is 19.0 Å². The van der Waals surface area contributed by atoms with Crippen LogP contribution in [0.25, 0.3) is 33.5 Å². The minimum Gasteiger partial charge on any atom is -0.494 e. The number of ether oxygens (including phenoxy) is 1. The molecule has 1 amide bonds. The maximum Gasteiger partial charge on any atom is 0.254 e. The van der Waals surface area contributed by atoms with E-state index in [0.29, 0.717) is 29.7 Å². The zero-order valence-electron chi connectivity index (χ0n) is 24.5. The van der Waals surface area contributed by atoms with Crippen LogP contribution in [0.3, 0.4) is 0 Å². The number of nitrogens with zero attached hydrogens (tertiary/aromatic N) is 4. The molecule has 1 aliphatic carbocycles. The van der Waals surface area contributed by atoms with Gasteiger partial charge in [0.1, 0.15) is 11.3 Å². The Hall–Kier alpha value is -3.17. The number of para-hydroxylation sites is 1. The SMILES string of the molecule is COc1cc(C(=O)N2CCCC(N)C2)cc2nc(-c3cc4ccccc4n3CC3CC3)n(CCC3CCS(=O)CC3)c12. The van der Waals surface area contributed by atoms with Crippen molar-refractivity contribution in [3.05, 3.63) is 48.0 Å². The third-order valence-electron chi connectivity index (χ3n) is 9.46. The number of hydrogen-bond donors (Lipinski definition) is 1. The summed E-state index contributed by atoms with van der Waals surface area (Å²) in [4.78, 5) is 20.8. The van der Waals surface area contributed by atoms with Crippen LogP contribution < -0.4 is 10.5 Å². The Labute approximate surface area is 249 Å².